The summed E-state index contributed by atoms with van der Waals surface area (Å²) in [7, 11) is 0. The van der Waals surface area contributed by atoms with Crippen LogP contribution in [0.5, 0.6) is 0 Å². The second-order valence-corrected chi connectivity index (χ2v) is 10.3. The van der Waals surface area contributed by atoms with Gasteiger partial charge in [0.1, 0.15) is 0 Å². The molecular weight excluding hydrogens is 430 g/mol. The Hall–Kier alpha value is -1.51. The zero-order valence-electron chi connectivity index (χ0n) is 23.6. The van der Waals surface area contributed by atoms with Crippen LogP contribution in [0.25, 0.3) is 0 Å². The number of ether oxygens (including phenoxy) is 1. The van der Waals surface area contributed by atoms with Crippen molar-refractivity contribution in [2.45, 2.75) is 143 Å². The lowest BCUT2D eigenvalue weighted by Crippen LogP contribution is -2.25. The van der Waals surface area contributed by atoms with Crippen LogP contribution in [0.3, 0.4) is 0 Å². The summed E-state index contributed by atoms with van der Waals surface area (Å²) < 4.78 is 5.43. The Morgan fingerprint density at radius 1 is 0.571 bits per heavy atom. The Labute approximate surface area is 218 Å². The Morgan fingerprint density at radius 3 is 1.43 bits per heavy atom. The van der Waals surface area contributed by atoms with Crippen molar-refractivity contribution in [3.63, 3.8) is 0 Å². The maximum absolute atomic E-state index is 12.3. The summed E-state index contributed by atoms with van der Waals surface area (Å²) in [5.74, 6) is -0.189. The van der Waals surface area contributed by atoms with Crippen LogP contribution in [0, 0.1) is 0 Å². The quantitative estimate of drug-likeness (QED) is 0.107. The number of carbonyl (C=O) groups excluding carboxylic acids is 1. The van der Waals surface area contributed by atoms with Crippen molar-refractivity contribution >= 4 is 11.7 Å². The SMILES string of the molecule is CCCCCCCCCCN(CCCCCCCCCC)c1ccc(C(=O)OCCCCC)cc1. The van der Waals surface area contributed by atoms with Gasteiger partial charge >= 0.3 is 5.97 Å². The molecular formula is C32H57NO2. The fraction of sp³-hybridized carbons (Fsp3) is 0.781. The number of hydrogen-bond acceptors (Lipinski definition) is 3. The van der Waals surface area contributed by atoms with Crippen LogP contribution in [-0.2, 0) is 4.74 Å². The van der Waals surface area contributed by atoms with Crippen molar-refractivity contribution in [1.29, 1.82) is 0 Å². The van der Waals surface area contributed by atoms with Gasteiger partial charge in [0.2, 0.25) is 0 Å². The smallest absolute Gasteiger partial charge is 0.338 e. The predicted molar refractivity (Wildman–Crippen MR) is 154 cm³/mol. The number of rotatable bonds is 24. The summed E-state index contributed by atoms with van der Waals surface area (Å²) in [6, 6.07) is 8.15. The molecule has 35 heavy (non-hydrogen) atoms. The summed E-state index contributed by atoms with van der Waals surface area (Å²) in [5.41, 5.74) is 1.92. The minimum atomic E-state index is -0.189. The number of unbranched alkanes of at least 4 members (excludes halogenated alkanes) is 16. The maximum atomic E-state index is 12.3. The van der Waals surface area contributed by atoms with Gasteiger partial charge in [0, 0.05) is 18.8 Å². The predicted octanol–water partition coefficient (Wildman–Crippen LogP) is 10.1. The van der Waals surface area contributed by atoms with Gasteiger partial charge in [0.25, 0.3) is 0 Å². The van der Waals surface area contributed by atoms with Crippen LogP contribution in [0.1, 0.15) is 153 Å². The Balaban J connectivity index is 2.48. The Morgan fingerprint density at radius 2 is 0.971 bits per heavy atom. The molecule has 0 radical (unpaired) electrons. The average molecular weight is 488 g/mol. The van der Waals surface area contributed by atoms with E-state index in [9.17, 15) is 4.79 Å². The first-order valence-electron chi connectivity index (χ1n) is 15.2. The zero-order valence-corrected chi connectivity index (χ0v) is 23.6. The Bertz CT molecular complexity index is 578. The van der Waals surface area contributed by atoms with Gasteiger partial charge in [-0.3, -0.25) is 0 Å². The second kappa shape index (κ2) is 22.9. The highest BCUT2D eigenvalue weighted by molar-refractivity contribution is 5.89. The van der Waals surface area contributed by atoms with Gasteiger partial charge in [-0.05, 0) is 43.5 Å². The normalized spacial score (nSPS) is 11.1. The maximum Gasteiger partial charge on any atom is 0.338 e. The molecule has 1 aromatic rings. The van der Waals surface area contributed by atoms with Crippen molar-refractivity contribution in [2.75, 3.05) is 24.6 Å². The van der Waals surface area contributed by atoms with E-state index in [0.29, 0.717) is 12.2 Å². The van der Waals surface area contributed by atoms with E-state index >= 15 is 0 Å². The number of carbonyl (C=O) groups is 1. The molecule has 0 bridgehead atoms. The van der Waals surface area contributed by atoms with Crippen LogP contribution >= 0.6 is 0 Å². The molecule has 0 aliphatic carbocycles. The number of benzene rings is 1. The monoisotopic (exact) mass is 487 g/mol. The van der Waals surface area contributed by atoms with Gasteiger partial charge in [-0.2, -0.15) is 0 Å². The van der Waals surface area contributed by atoms with Gasteiger partial charge in [0.15, 0.2) is 0 Å². The van der Waals surface area contributed by atoms with Crippen molar-refractivity contribution in [3.05, 3.63) is 29.8 Å². The van der Waals surface area contributed by atoms with Crippen LogP contribution in [-0.4, -0.2) is 25.7 Å². The third kappa shape index (κ3) is 16.7. The van der Waals surface area contributed by atoms with Crippen LogP contribution < -0.4 is 4.90 Å². The van der Waals surface area contributed by atoms with Gasteiger partial charge in [-0.25, -0.2) is 4.79 Å². The van der Waals surface area contributed by atoms with E-state index in [4.69, 9.17) is 4.74 Å². The Kier molecular flexibility index (Phi) is 20.6. The lowest BCUT2D eigenvalue weighted by molar-refractivity contribution is 0.0498. The van der Waals surface area contributed by atoms with Crippen LogP contribution in [0.2, 0.25) is 0 Å². The van der Waals surface area contributed by atoms with E-state index < -0.39 is 0 Å². The molecule has 0 N–H and O–H groups in total. The number of nitrogens with zero attached hydrogens (tertiary/aromatic N) is 1. The number of hydrogen-bond donors (Lipinski definition) is 0. The van der Waals surface area contributed by atoms with Crippen LogP contribution in [0.15, 0.2) is 24.3 Å². The van der Waals surface area contributed by atoms with E-state index in [0.717, 1.165) is 32.4 Å². The highest BCUT2D eigenvalue weighted by Crippen LogP contribution is 2.19. The minimum Gasteiger partial charge on any atom is -0.462 e. The standard InChI is InChI=1S/C32H57NO2/c1-4-7-10-12-14-16-18-20-27-33(28-21-19-17-15-13-11-8-5-2)31-25-23-30(24-26-31)32(34)35-29-22-9-6-3/h23-26H,4-22,27-29H2,1-3H3. The molecule has 0 saturated heterocycles. The molecule has 0 heterocycles. The van der Waals surface area contributed by atoms with E-state index in [1.54, 1.807) is 0 Å². The van der Waals surface area contributed by atoms with E-state index in [-0.39, 0.29) is 5.97 Å². The minimum absolute atomic E-state index is 0.189. The van der Waals surface area contributed by atoms with Crippen molar-refractivity contribution in [2.24, 2.45) is 0 Å². The topological polar surface area (TPSA) is 29.5 Å². The molecule has 0 aliphatic heterocycles. The fourth-order valence-corrected chi connectivity index (χ4v) is 4.65. The van der Waals surface area contributed by atoms with Gasteiger partial charge in [-0.1, -0.05) is 124 Å². The zero-order chi connectivity index (χ0) is 25.4. The first kappa shape index (κ1) is 31.5. The van der Waals surface area contributed by atoms with E-state index in [1.807, 2.05) is 12.1 Å². The summed E-state index contributed by atoms with van der Waals surface area (Å²) in [6.45, 7) is 9.48. The van der Waals surface area contributed by atoms with Crippen molar-refractivity contribution in [3.8, 4) is 0 Å². The summed E-state index contributed by atoms with van der Waals surface area (Å²) >= 11 is 0. The first-order valence-corrected chi connectivity index (χ1v) is 15.2. The molecule has 1 aromatic carbocycles. The molecule has 3 nitrogen and oxygen atoms in total. The highest BCUT2D eigenvalue weighted by Gasteiger charge is 2.10. The third-order valence-corrected chi connectivity index (χ3v) is 7.01. The molecule has 0 aliphatic rings. The summed E-state index contributed by atoms with van der Waals surface area (Å²) in [6.07, 6.45) is 24.8. The fourth-order valence-electron chi connectivity index (χ4n) is 4.65. The lowest BCUT2D eigenvalue weighted by atomic mass is 10.1. The molecule has 0 fully saturated rings. The molecule has 1 rings (SSSR count). The molecule has 3 heteroatoms. The van der Waals surface area contributed by atoms with Crippen molar-refractivity contribution in [1.82, 2.24) is 0 Å². The van der Waals surface area contributed by atoms with Gasteiger partial charge < -0.3 is 9.64 Å². The highest BCUT2D eigenvalue weighted by atomic mass is 16.5. The molecule has 0 aromatic heterocycles. The number of anilines is 1. The molecule has 0 spiro atoms. The second-order valence-electron chi connectivity index (χ2n) is 10.3. The largest absolute Gasteiger partial charge is 0.462 e. The summed E-state index contributed by atoms with van der Waals surface area (Å²) in [4.78, 5) is 14.9. The molecule has 0 unspecified atom stereocenters. The van der Waals surface area contributed by atoms with Gasteiger partial charge in [-0.15, -0.1) is 0 Å². The molecule has 0 atom stereocenters. The van der Waals surface area contributed by atoms with E-state index in [2.05, 4.69) is 37.8 Å². The van der Waals surface area contributed by atoms with Gasteiger partial charge in [0.05, 0.1) is 12.2 Å². The lowest BCUT2D eigenvalue weighted by Gasteiger charge is -2.25. The number of esters is 1. The molecule has 0 saturated carbocycles. The average Bonchev–Trinajstić information content (AvgIpc) is 2.88. The van der Waals surface area contributed by atoms with Crippen molar-refractivity contribution < 1.29 is 9.53 Å². The van der Waals surface area contributed by atoms with Crippen LogP contribution in [0.4, 0.5) is 5.69 Å². The first-order chi connectivity index (χ1) is 17.2. The molecule has 202 valence electrons. The third-order valence-electron chi connectivity index (χ3n) is 7.01. The van der Waals surface area contributed by atoms with E-state index in [1.165, 1.54) is 108 Å². The molecule has 0 amide bonds. The summed E-state index contributed by atoms with van der Waals surface area (Å²) in [5, 5.41) is 0.